The molecule has 0 fully saturated rings. The lowest BCUT2D eigenvalue weighted by molar-refractivity contribution is 0.250. The van der Waals surface area contributed by atoms with Gasteiger partial charge in [0.05, 0.1) is 6.61 Å². The monoisotopic (exact) mass is 297 g/mol. The van der Waals surface area contributed by atoms with Crippen molar-refractivity contribution in [3.63, 3.8) is 0 Å². The highest BCUT2D eigenvalue weighted by atomic mass is 32.2. The summed E-state index contributed by atoms with van der Waals surface area (Å²) >= 11 is 3.67. The molecule has 1 unspecified atom stereocenters. The molecule has 1 aromatic rings. The van der Waals surface area contributed by atoms with Gasteiger partial charge in [0.2, 0.25) is 0 Å². The third-order valence-corrected chi connectivity index (χ3v) is 4.68. The van der Waals surface area contributed by atoms with Crippen molar-refractivity contribution in [2.75, 3.05) is 25.7 Å². The van der Waals surface area contributed by atoms with Crippen molar-refractivity contribution in [2.45, 2.75) is 32.4 Å². The quantitative estimate of drug-likeness (QED) is 0.783. The van der Waals surface area contributed by atoms with E-state index in [2.05, 4.69) is 48.4 Å². The van der Waals surface area contributed by atoms with E-state index >= 15 is 0 Å². The highest BCUT2D eigenvalue weighted by molar-refractivity contribution is 7.98. The molecule has 1 atom stereocenters. The Hall–Kier alpha value is -0.470. The van der Waals surface area contributed by atoms with Crippen LogP contribution < -0.4 is 0 Å². The Labute approximate surface area is 125 Å². The summed E-state index contributed by atoms with van der Waals surface area (Å²) in [6.07, 6.45) is 3.89. The van der Waals surface area contributed by atoms with E-state index in [1.54, 1.807) is 11.3 Å². The van der Waals surface area contributed by atoms with Crippen molar-refractivity contribution >= 4 is 23.1 Å². The van der Waals surface area contributed by atoms with Gasteiger partial charge in [-0.25, -0.2) is 0 Å². The lowest BCUT2D eigenvalue weighted by atomic mass is 10.2. The van der Waals surface area contributed by atoms with Gasteiger partial charge in [-0.15, -0.1) is 11.3 Å². The highest BCUT2D eigenvalue weighted by Crippen LogP contribution is 2.20. The fourth-order valence-electron chi connectivity index (χ4n) is 1.89. The van der Waals surface area contributed by atoms with E-state index in [4.69, 9.17) is 5.11 Å². The van der Waals surface area contributed by atoms with E-state index in [0.29, 0.717) is 12.5 Å². The average molecular weight is 297 g/mol. The van der Waals surface area contributed by atoms with Crippen LogP contribution in [0.15, 0.2) is 11.4 Å². The first-order valence-electron chi connectivity index (χ1n) is 6.58. The first-order chi connectivity index (χ1) is 9.22. The van der Waals surface area contributed by atoms with Gasteiger partial charge in [0, 0.05) is 35.2 Å². The maximum absolute atomic E-state index is 8.76. The fraction of sp³-hybridized carbons (Fsp3) is 0.600. The maximum Gasteiger partial charge on any atom is 0.0540 e. The van der Waals surface area contributed by atoms with Crippen LogP contribution in [0.2, 0.25) is 0 Å². The summed E-state index contributed by atoms with van der Waals surface area (Å²) in [5.41, 5.74) is 1.12. The van der Waals surface area contributed by atoms with Crippen LogP contribution in [0.1, 0.15) is 30.2 Å². The molecule has 0 spiro atoms. The molecule has 2 nitrogen and oxygen atoms in total. The van der Waals surface area contributed by atoms with E-state index in [1.807, 2.05) is 11.8 Å². The number of aliphatic hydroxyl groups excluding tert-OH is 1. The summed E-state index contributed by atoms with van der Waals surface area (Å²) < 4.78 is 0. The van der Waals surface area contributed by atoms with Crippen LogP contribution in [0.25, 0.3) is 0 Å². The minimum absolute atomic E-state index is 0.137. The number of nitrogens with zero attached hydrogens (tertiary/aromatic N) is 1. The maximum atomic E-state index is 8.76. The molecule has 4 heteroatoms. The van der Waals surface area contributed by atoms with Crippen LogP contribution >= 0.6 is 23.1 Å². The molecule has 0 saturated heterocycles. The molecule has 1 N–H and O–H groups in total. The highest BCUT2D eigenvalue weighted by Gasteiger charge is 2.14. The van der Waals surface area contributed by atoms with Gasteiger partial charge in [0.25, 0.3) is 0 Å². The summed E-state index contributed by atoms with van der Waals surface area (Å²) in [5, 5.41) is 10.9. The number of aliphatic hydroxyl groups is 1. The Kier molecular flexibility index (Phi) is 8.24. The van der Waals surface area contributed by atoms with Gasteiger partial charge < -0.3 is 5.11 Å². The molecule has 0 amide bonds. The second-order valence-corrected chi connectivity index (χ2v) is 6.38. The molecule has 0 aliphatic heterocycles. The molecule has 1 heterocycles. The summed E-state index contributed by atoms with van der Waals surface area (Å²) in [6.45, 7) is 3.34. The predicted molar refractivity (Wildman–Crippen MR) is 86.8 cm³/mol. The van der Waals surface area contributed by atoms with E-state index in [1.165, 1.54) is 17.1 Å². The minimum Gasteiger partial charge on any atom is -0.395 e. The zero-order chi connectivity index (χ0) is 14.1. The Bertz CT molecular complexity index is 419. The molecule has 19 heavy (non-hydrogen) atoms. The van der Waals surface area contributed by atoms with Gasteiger partial charge in [-0.3, -0.25) is 4.90 Å². The number of thiophene rings is 1. The van der Waals surface area contributed by atoms with Crippen molar-refractivity contribution in [3.05, 3.63) is 21.9 Å². The summed E-state index contributed by atoms with van der Waals surface area (Å²) in [6, 6.07) is 2.70. The summed E-state index contributed by atoms with van der Waals surface area (Å²) in [5.74, 6) is 7.33. The van der Waals surface area contributed by atoms with Gasteiger partial charge in [0.15, 0.2) is 0 Å². The molecular weight excluding hydrogens is 274 g/mol. The lowest BCUT2D eigenvalue weighted by Crippen LogP contribution is -2.32. The number of hydrogen-bond donors (Lipinski definition) is 1. The van der Waals surface area contributed by atoms with Crippen molar-refractivity contribution < 1.29 is 5.11 Å². The van der Waals surface area contributed by atoms with Crippen LogP contribution in [-0.2, 0) is 6.54 Å². The van der Waals surface area contributed by atoms with Gasteiger partial charge in [-0.1, -0.05) is 18.8 Å². The standard InChI is InChI=1S/C15H23NOS2/c1-4-14(12-18-3)16(2)11-15-13(8-10-19-15)7-5-6-9-17/h8,10,14,17H,4,6,9,11-12H2,1-3H3. The molecule has 0 aliphatic rings. The largest absolute Gasteiger partial charge is 0.395 e. The molecule has 106 valence electrons. The van der Waals surface area contributed by atoms with E-state index in [0.717, 1.165) is 12.1 Å². The Morgan fingerprint density at radius 2 is 2.32 bits per heavy atom. The van der Waals surface area contributed by atoms with Gasteiger partial charge in [0.1, 0.15) is 0 Å². The van der Waals surface area contributed by atoms with Crippen molar-refractivity contribution in [1.82, 2.24) is 4.90 Å². The molecular formula is C15H23NOS2. The molecule has 0 radical (unpaired) electrons. The lowest BCUT2D eigenvalue weighted by Gasteiger charge is -2.26. The summed E-state index contributed by atoms with van der Waals surface area (Å²) in [7, 11) is 2.19. The van der Waals surface area contributed by atoms with Crippen molar-refractivity contribution in [2.24, 2.45) is 0 Å². The van der Waals surface area contributed by atoms with Crippen LogP contribution in [-0.4, -0.2) is 41.7 Å². The van der Waals surface area contributed by atoms with Gasteiger partial charge >= 0.3 is 0 Å². The first-order valence-corrected chi connectivity index (χ1v) is 8.85. The molecule has 0 saturated carbocycles. The molecule has 1 rings (SSSR count). The topological polar surface area (TPSA) is 23.5 Å². The Balaban J connectivity index is 2.66. The smallest absolute Gasteiger partial charge is 0.0540 e. The zero-order valence-corrected chi connectivity index (χ0v) is 13.6. The molecule has 1 aromatic heterocycles. The predicted octanol–water partition coefficient (Wildman–Crippen LogP) is 3.06. The normalized spacial score (nSPS) is 12.3. The van der Waals surface area contributed by atoms with Crippen LogP contribution in [0.4, 0.5) is 0 Å². The summed E-state index contributed by atoms with van der Waals surface area (Å²) in [4.78, 5) is 3.74. The Morgan fingerprint density at radius 3 is 2.95 bits per heavy atom. The second kappa shape index (κ2) is 9.44. The molecule has 0 bridgehead atoms. The second-order valence-electron chi connectivity index (χ2n) is 4.47. The SMILES string of the molecule is CCC(CSC)N(C)Cc1sccc1C#CCCO. The van der Waals surface area contributed by atoms with Gasteiger partial charge in [-0.05, 0) is 31.2 Å². The number of hydrogen-bond acceptors (Lipinski definition) is 4. The van der Waals surface area contributed by atoms with Crippen LogP contribution in [0.3, 0.4) is 0 Å². The van der Waals surface area contributed by atoms with Crippen LogP contribution in [0.5, 0.6) is 0 Å². The first kappa shape index (κ1) is 16.6. The molecule has 0 aliphatic carbocycles. The number of thioether (sulfide) groups is 1. The van der Waals surface area contributed by atoms with E-state index < -0.39 is 0 Å². The third kappa shape index (κ3) is 5.58. The third-order valence-electron chi connectivity index (χ3n) is 3.05. The average Bonchev–Trinajstić information content (AvgIpc) is 2.83. The fourth-order valence-corrected chi connectivity index (χ4v) is 3.66. The van der Waals surface area contributed by atoms with Crippen molar-refractivity contribution in [1.29, 1.82) is 0 Å². The Morgan fingerprint density at radius 1 is 1.53 bits per heavy atom. The van der Waals surface area contributed by atoms with Crippen molar-refractivity contribution in [3.8, 4) is 11.8 Å². The van der Waals surface area contributed by atoms with E-state index in [9.17, 15) is 0 Å². The van der Waals surface area contributed by atoms with Crippen LogP contribution in [0, 0.1) is 11.8 Å². The number of rotatable bonds is 7. The van der Waals surface area contributed by atoms with Gasteiger partial charge in [-0.2, -0.15) is 11.8 Å². The zero-order valence-electron chi connectivity index (χ0n) is 12.0. The van der Waals surface area contributed by atoms with E-state index in [-0.39, 0.29) is 6.61 Å². The minimum atomic E-state index is 0.137. The molecule has 0 aromatic carbocycles.